The van der Waals surface area contributed by atoms with Gasteiger partial charge < -0.3 is 20.7 Å². The van der Waals surface area contributed by atoms with Crippen molar-refractivity contribution in [2.75, 3.05) is 24.7 Å². The molecular weight excluding hydrogens is 342 g/mol. The Labute approximate surface area is 154 Å². The van der Waals surface area contributed by atoms with Gasteiger partial charge in [-0.2, -0.15) is 0 Å². The lowest BCUT2D eigenvalue weighted by Gasteiger charge is -2.27. The van der Waals surface area contributed by atoms with Gasteiger partial charge in [-0.3, -0.25) is 9.59 Å². The molecule has 2 fully saturated rings. The smallest absolute Gasteiger partial charge is 0.249 e. The maximum Gasteiger partial charge on any atom is 0.249 e. The molecule has 25 heavy (non-hydrogen) atoms. The number of rotatable bonds is 4. The summed E-state index contributed by atoms with van der Waals surface area (Å²) >= 11 is 0. The molecule has 1 aromatic rings. The Morgan fingerprint density at radius 2 is 1.88 bits per heavy atom. The third-order valence-corrected chi connectivity index (χ3v) is 4.94. The van der Waals surface area contributed by atoms with Gasteiger partial charge >= 0.3 is 0 Å². The van der Waals surface area contributed by atoms with Crippen molar-refractivity contribution < 1.29 is 14.3 Å². The zero-order chi connectivity index (χ0) is 17.1. The fourth-order valence-electron chi connectivity index (χ4n) is 3.35. The number of anilines is 1. The Morgan fingerprint density at radius 3 is 2.52 bits per heavy atom. The van der Waals surface area contributed by atoms with Crippen LogP contribution in [0, 0.1) is 12.8 Å². The van der Waals surface area contributed by atoms with Crippen LogP contribution in [0.3, 0.4) is 0 Å². The van der Waals surface area contributed by atoms with Crippen LogP contribution in [0.25, 0.3) is 0 Å². The van der Waals surface area contributed by atoms with Crippen molar-refractivity contribution in [1.29, 1.82) is 0 Å². The number of nitrogens with zero attached hydrogens (tertiary/aromatic N) is 1. The summed E-state index contributed by atoms with van der Waals surface area (Å²) in [7, 11) is 0. The standard InChI is InChI=1S/C18H25N3O3.ClH/c1-12-2-4-14(5-3-12)21-9-6-15(18(21)23)20-17(22)16(19)13-7-10-24-11-8-13;/h2-5,13,15-16H,6-11,19H2,1H3,(H,20,22);1H. The molecule has 1 aromatic carbocycles. The number of benzene rings is 1. The fourth-order valence-corrected chi connectivity index (χ4v) is 3.35. The molecule has 138 valence electrons. The number of hydrogen-bond donors (Lipinski definition) is 2. The lowest BCUT2D eigenvalue weighted by Crippen LogP contribution is -2.51. The van der Waals surface area contributed by atoms with Gasteiger partial charge in [-0.05, 0) is 44.2 Å². The van der Waals surface area contributed by atoms with Crippen LogP contribution in [-0.4, -0.2) is 43.7 Å². The largest absolute Gasteiger partial charge is 0.381 e. The minimum atomic E-state index is -0.574. The van der Waals surface area contributed by atoms with Crippen molar-refractivity contribution in [3.05, 3.63) is 29.8 Å². The minimum Gasteiger partial charge on any atom is -0.381 e. The Kier molecular flexibility index (Phi) is 6.81. The SMILES string of the molecule is Cc1ccc(N2CCC(NC(=O)C(N)C3CCOCC3)C2=O)cc1.Cl. The van der Waals surface area contributed by atoms with E-state index in [1.807, 2.05) is 31.2 Å². The summed E-state index contributed by atoms with van der Waals surface area (Å²) in [6, 6.07) is 6.78. The molecule has 7 heteroatoms. The van der Waals surface area contributed by atoms with Gasteiger partial charge in [0.05, 0.1) is 6.04 Å². The third-order valence-electron chi connectivity index (χ3n) is 4.94. The maximum absolute atomic E-state index is 12.6. The Balaban J connectivity index is 0.00000225. The van der Waals surface area contributed by atoms with E-state index in [9.17, 15) is 9.59 Å². The number of nitrogens with one attached hydrogen (secondary N) is 1. The van der Waals surface area contributed by atoms with Crippen LogP contribution in [0.4, 0.5) is 5.69 Å². The molecule has 0 bridgehead atoms. The van der Waals surface area contributed by atoms with E-state index in [0.717, 1.165) is 24.1 Å². The molecule has 2 aliphatic rings. The summed E-state index contributed by atoms with van der Waals surface area (Å²) in [6.07, 6.45) is 2.20. The number of halogens is 1. The van der Waals surface area contributed by atoms with Gasteiger partial charge in [0, 0.05) is 25.4 Å². The second kappa shape index (κ2) is 8.65. The minimum absolute atomic E-state index is 0. The number of carbonyl (C=O) groups excluding carboxylic acids is 2. The predicted octanol–water partition coefficient (Wildman–Crippen LogP) is 1.39. The average Bonchev–Trinajstić information content (AvgIpc) is 2.96. The normalized spacial score (nSPS) is 22.4. The molecule has 2 aliphatic heterocycles. The van der Waals surface area contributed by atoms with Crippen molar-refractivity contribution in [3.8, 4) is 0 Å². The van der Waals surface area contributed by atoms with Gasteiger partial charge in [-0.25, -0.2) is 0 Å². The van der Waals surface area contributed by atoms with E-state index < -0.39 is 12.1 Å². The highest BCUT2D eigenvalue weighted by Crippen LogP contribution is 2.23. The van der Waals surface area contributed by atoms with Crippen LogP contribution in [0.2, 0.25) is 0 Å². The first kappa shape index (κ1) is 19.7. The maximum atomic E-state index is 12.6. The summed E-state index contributed by atoms with van der Waals surface area (Å²) in [6.45, 7) is 3.92. The topological polar surface area (TPSA) is 84.7 Å². The highest BCUT2D eigenvalue weighted by atomic mass is 35.5. The first-order chi connectivity index (χ1) is 11.6. The Hall–Kier alpha value is -1.63. The lowest BCUT2D eigenvalue weighted by molar-refractivity contribution is -0.128. The number of ether oxygens (including phenoxy) is 1. The molecule has 2 atom stereocenters. The predicted molar refractivity (Wildman–Crippen MR) is 98.8 cm³/mol. The number of aryl methyl sites for hydroxylation is 1. The van der Waals surface area contributed by atoms with E-state index in [-0.39, 0.29) is 30.1 Å². The van der Waals surface area contributed by atoms with E-state index in [4.69, 9.17) is 10.5 Å². The summed E-state index contributed by atoms with van der Waals surface area (Å²) in [5, 5.41) is 2.84. The van der Waals surface area contributed by atoms with E-state index >= 15 is 0 Å². The molecule has 6 nitrogen and oxygen atoms in total. The Morgan fingerprint density at radius 1 is 1.24 bits per heavy atom. The molecule has 2 amide bonds. The first-order valence-corrected chi connectivity index (χ1v) is 8.58. The first-order valence-electron chi connectivity index (χ1n) is 8.58. The summed E-state index contributed by atoms with van der Waals surface area (Å²) in [5.74, 6) is -0.166. The number of nitrogens with two attached hydrogens (primary N) is 1. The highest BCUT2D eigenvalue weighted by molar-refractivity contribution is 6.01. The lowest BCUT2D eigenvalue weighted by atomic mass is 9.91. The van der Waals surface area contributed by atoms with Gasteiger partial charge in [0.2, 0.25) is 11.8 Å². The van der Waals surface area contributed by atoms with Gasteiger partial charge in [-0.1, -0.05) is 17.7 Å². The molecule has 3 rings (SSSR count). The van der Waals surface area contributed by atoms with Crippen molar-refractivity contribution in [1.82, 2.24) is 5.32 Å². The van der Waals surface area contributed by atoms with E-state index in [1.165, 1.54) is 0 Å². The molecule has 2 saturated heterocycles. The zero-order valence-electron chi connectivity index (χ0n) is 14.4. The molecule has 0 aliphatic carbocycles. The van der Waals surface area contributed by atoms with E-state index in [0.29, 0.717) is 26.2 Å². The van der Waals surface area contributed by atoms with Crippen LogP contribution < -0.4 is 16.0 Å². The molecule has 3 N–H and O–H groups in total. The van der Waals surface area contributed by atoms with Crippen LogP contribution >= 0.6 is 12.4 Å². The highest BCUT2D eigenvalue weighted by Gasteiger charge is 2.35. The van der Waals surface area contributed by atoms with Crippen LogP contribution in [-0.2, 0) is 14.3 Å². The molecule has 0 saturated carbocycles. The molecule has 2 unspecified atom stereocenters. The third kappa shape index (κ3) is 4.51. The summed E-state index contributed by atoms with van der Waals surface area (Å²) in [5.41, 5.74) is 8.11. The van der Waals surface area contributed by atoms with Gasteiger partial charge in [0.1, 0.15) is 6.04 Å². The molecule has 0 aromatic heterocycles. The van der Waals surface area contributed by atoms with Crippen molar-refractivity contribution >= 4 is 29.9 Å². The molecule has 0 spiro atoms. The van der Waals surface area contributed by atoms with Gasteiger partial charge in [0.25, 0.3) is 0 Å². The van der Waals surface area contributed by atoms with E-state index in [1.54, 1.807) is 4.90 Å². The molecule has 2 heterocycles. The fraction of sp³-hybridized carbons (Fsp3) is 0.556. The van der Waals surface area contributed by atoms with Crippen molar-refractivity contribution in [3.63, 3.8) is 0 Å². The quantitative estimate of drug-likeness (QED) is 0.842. The molecule has 0 radical (unpaired) electrons. The summed E-state index contributed by atoms with van der Waals surface area (Å²) in [4.78, 5) is 26.7. The van der Waals surface area contributed by atoms with Crippen LogP contribution in [0.5, 0.6) is 0 Å². The monoisotopic (exact) mass is 367 g/mol. The molecular formula is C18H26ClN3O3. The van der Waals surface area contributed by atoms with Gasteiger partial charge in [0.15, 0.2) is 0 Å². The Bertz CT molecular complexity index is 602. The number of hydrogen-bond acceptors (Lipinski definition) is 4. The van der Waals surface area contributed by atoms with Crippen LogP contribution in [0.15, 0.2) is 24.3 Å². The van der Waals surface area contributed by atoms with Gasteiger partial charge in [-0.15, -0.1) is 12.4 Å². The summed E-state index contributed by atoms with van der Waals surface area (Å²) < 4.78 is 5.30. The van der Waals surface area contributed by atoms with Crippen molar-refractivity contribution in [2.45, 2.75) is 38.3 Å². The second-order valence-electron chi connectivity index (χ2n) is 6.65. The van der Waals surface area contributed by atoms with E-state index in [2.05, 4.69) is 5.32 Å². The second-order valence-corrected chi connectivity index (χ2v) is 6.65. The van der Waals surface area contributed by atoms with Crippen molar-refractivity contribution in [2.24, 2.45) is 11.7 Å². The number of amides is 2. The zero-order valence-corrected chi connectivity index (χ0v) is 15.3. The number of carbonyl (C=O) groups is 2. The van der Waals surface area contributed by atoms with Crippen LogP contribution in [0.1, 0.15) is 24.8 Å². The average molecular weight is 368 g/mol.